The van der Waals surface area contributed by atoms with Crippen molar-refractivity contribution >= 4 is 11.0 Å². The van der Waals surface area contributed by atoms with Crippen molar-refractivity contribution in [2.45, 2.75) is 33.0 Å². The average molecular weight is 384 g/mol. The molecule has 0 aliphatic rings. The minimum atomic E-state index is -3.24. The number of ether oxygens (including phenoxy) is 1. The van der Waals surface area contributed by atoms with Crippen molar-refractivity contribution in [2.75, 3.05) is 0 Å². The van der Waals surface area contributed by atoms with Gasteiger partial charge in [0.05, 0.1) is 17.6 Å². The maximum Gasteiger partial charge on any atom is 0.394 e. The summed E-state index contributed by atoms with van der Waals surface area (Å²) in [5, 5.41) is 0. The number of nitrogens with zero attached hydrogens (tertiary/aromatic N) is 6. The van der Waals surface area contributed by atoms with Crippen molar-refractivity contribution in [3.05, 3.63) is 54.9 Å². The van der Waals surface area contributed by atoms with E-state index in [1.165, 1.54) is 12.1 Å². The van der Waals surface area contributed by atoms with E-state index >= 15 is 0 Å². The van der Waals surface area contributed by atoms with Gasteiger partial charge < -0.3 is 13.9 Å². The van der Waals surface area contributed by atoms with Crippen LogP contribution in [0.4, 0.5) is 8.78 Å². The number of rotatable bonds is 6. The molecule has 4 aromatic rings. The van der Waals surface area contributed by atoms with Crippen LogP contribution in [0.15, 0.2) is 49.1 Å². The summed E-state index contributed by atoms with van der Waals surface area (Å²) in [6.45, 7) is 3.84. The predicted octanol–water partition coefficient (Wildman–Crippen LogP) is 3.75. The van der Waals surface area contributed by atoms with Crippen molar-refractivity contribution in [2.24, 2.45) is 0 Å². The van der Waals surface area contributed by atoms with E-state index in [2.05, 4.69) is 24.7 Å². The van der Waals surface area contributed by atoms with Crippen LogP contribution in [0.3, 0.4) is 0 Å². The van der Waals surface area contributed by atoms with E-state index in [1.54, 1.807) is 30.7 Å². The number of aromatic nitrogens is 6. The SMILES string of the molecule is CCn1c(Cn2ccnc2-c2ncccn2)nc2cc(OC(C)(F)F)ccc21. The number of fused-ring (bicyclic) bond motifs is 1. The summed E-state index contributed by atoms with van der Waals surface area (Å²) in [5.74, 6) is 2.00. The Hall–Kier alpha value is -3.36. The quantitative estimate of drug-likeness (QED) is 0.506. The van der Waals surface area contributed by atoms with Crippen molar-refractivity contribution in [1.29, 1.82) is 0 Å². The highest BCUT2D eigenvalue weighted by atomic mass is 19.3. The lowest BCUT2D eigenvalue weighted by molar-refractivity contribution is -0.158. The van der Waals surface area contributed by atoms with Crippen LogP contribution in [0.5, 0.6) is 5.75 Å². The highest BCUT2D eigenvalue weighted by molar-refractivity contribution is 5.77. The summed E-state index contributed by atoms with van der Waals surface area (Å²) in [4.78, 5) is 17.5. The van der Waals surface area contributed by atoms with Crippen molar-refractivity contribution in [1.82, 2.24) is 29.1 Å². The molecule has 4 rings (SSSR count). The number of halogens is 2. The van der Waals surface area contributed by atoms with Gasteiger partial charge in [-0.05, 0) is 25.1 Å². The first-order valence-electron chi connectivity index (χ1n) is 8.79. The normalized spacial score (nSPS) is 11.9. The van der Waals surface area contributed by atoms with Gasteiger partial charge in [0.1, 0.15) is 11.6 Å². The van der Waals surface area contributed by atoms with E-state index in [9.17, 15) is 8.78 Å². The van der Waals surface area contributed by atoms with Crippen LogP contribution in [0.1, 0.15) is 19.7 Å². The molecule has 1 aromatic carbocycles. The van der Waals surface area contributed by atoms with Gasteiger partial charge in [-0.3, -0.25) is 0 Å². The maximum atomic E-state index is 13.1. The molecule has 0 fully saturated rings. The van der Waals surface area contributed by atoms with Crippen molar-refractivity contribution in [3.8, 4) is 17.4 Å². The van der Waals surface area contributed by atoms with Gasteiger partial charge in [0.15, 0.2) is 11.6 Å². The van der Waals surface area contributed by atoms with Crippen LogP contribution in [0.25, 0.3) is 22.7 Å². The molecule has 0 aliphatic heterocycles. The van der Waals surface area contributed by atoms with E-state index in [4.69, 9.17) is 0 Å². The lowest BCUT2D eigenvalue weighted by Gasteiger charge is -2.12. The van der Waals surface area contributed by atoms with Crippen LogP contribution >= 0.6 is 0 Å². The Morgan fingerprint density at radius 3 is 2.61 bits per heavy atom. The molecular weight excluding hydrogens is 366 g/mol. The number of benzene rings is 1. The van der Waals surface area contributed by atoms with Gasteiger partial charge in [0.2, 0.25) is 0 Å². The highest BCUT2D eigenvalue weighted by Gasteiger charge is 2.23. The van der Waals surface area contributed by atoms with E-state index in [1.807, 2.05) is 22.3 Å². The zero-order valence-electron chi connectivity index (χ0n) is 15.4. The molecule has 0 saturated carbocycles. The fourth-order valence-electron chi connectivity index (χ4n) is 3.11. The predicted molar refractivity (Wildman–Crippen MR) is 99.0 cm³/mol. The van der Waals surface area contributed by atoms with Gasteiger partial charge in [0.25, 0.3) is 0 Å². The second kappa shape index (κ2) is 6.99. The lowest BCUT2D eigenvalue weighted by atomic mass is 10.3. The van der Waals surface area contributed by atoms with Crippen molar-refractivity contribution in [3.63, 3.8) is 0 Å². The Morgan fingerprint density at radius 1 is 1.11 bits per heavy atom. The minimum Gasteiger partial charge on any atom is -0.433 e. The maximum absolute atomic E-state index is 13.1. The van der Waals surface area contributed by atoms with Gasteiger partial charge in [-0.25, -0.2) is 19.9 Å². The number of hydrogen-bond acceptors (Lipinski definition) is 5. The number of imidazole rings is 2. The zero-order valence-corrected chi connectivity index (χ0v) is 15.4. The average Bonchev–Trinajstić information content (AvgIpc) is 3.25. The third-order valence-electron chi connectivity index (χ3n) is 4.21. The van der Waals surface area contributed by atoms with Gasteiger partial charge >= 0.3 is 6.11 Å². The van der Waals surface area contributed by atoms with E-state index in [0.717, 1.165) is 11.3 Å². The first kappa shape index (κ1) is 18.0. The summed E-state index contributed by atoms with van der Waals surface area (Å²) in [7, 11) is 0. The Balaban J connectivity index is 1.71. The van der Waals surface area contributed by atoms with Crippen molar-refractivity contribution < 1.29 is 13.5 Å². The Bertz CT molecular complexity index is 1100. The molecular formula is C19H18F2N6O. The molecule has 0 unspecified atom stereocenters. The smallest absolute Gasteiger partial charge is 0.394 e. The molecule has 144 valence electrons. The molecule has 0 N–H and O–H groups in total. The lowest BCUT2D eigenvalue weighted by Crippen LogP contribution is -2.18. The number of alkyl halides is 2. The molecule has 0 amide bonds. The topological polar surface area (TPSA) is 70.7 Å². The van der Waals surface area contributed by atoms with Gasteiger partial charge in [-0.1, -0.05) is 0 Å². The Labute approximate surface area is 159 Å². The van der Waals surface area contributed by atoms with Crippen LogP contribution in [-0.4, -0.2) is 35.2 Å². The summed E-state index contributed by atoms with van der Waals surface area (Å²) < 4.78 is 34.9. The van der Waals surface area contributed by atoms with Gasteiger partial charge in [-0.2, -0.15) is 8.78 Å². The third-order valence-corrected chi connectivity index (χ3v) is 4.21. The third kappa shape index (κ3) is 3.55. The summed E-state index contributed by atoms with van der Waals surface area (Å²) in [6, 6.07) is 6.54. The molecule has 3 aromatic heterocycles. The molecule has 28 heavy (non-hydrogen) atoms. The second-order valence-electron chi connectivity index (χ2n) is 6.28. The molecule has 0 spiro atoms. The molecule has 9 heteroatoms. The summed E-state index contributed by atoms with van der Waals surface area (Å²) in [5.41, 5.74) is 1.44. The molecule has 0 bridgehead atoms. The number of aryl methyl sites for hydroxylation is 1. The molecule has 3 heterocycles. The van der Waals surface area contributed by atoms with Crippen LogP contribution in [-0.2, 0) is 13.1 Å². The molecule has 0 saturated heterocycles. The fourth-order valence-corrected chi connectivity index (χ4v) is 3.11. The molecule has 0 aliphatic carbocycles. The van der Waals surface area contributed by atoms with Crippen LogP contribution in [0.2, 0.25) is 0 Å². The molecule has 0 radical (unpaired) electrons. The van der Waals surface area contributed by atoms with E-state index in [-0.39, 0.29) is 5.75 Å². The molecule has 0 atom stereocenters. The van der Waals surface area contributed by atoms with E-state index in [0.29, 0.717) is 37.2 Å². The number of hydrogen-bond donors (Lipinski definition) is 0. The molecule has 7 nitrogen and oxygen atoms in total. The fraction of sp³-hybridized carbons (Fsp3) is 0.263. The zero-order chi connectivity index (χ0) is 19.7. The minimum absolute atomic E-state index is 0.0771. The first-order valence-corrected chi connectivity index (χ1v) is 8.79. The van der Waals surface area contributed by atoms with Gasteiger partial charge in [0, 0.05) is 44.3 Å². The Kier molecular flexibility index (Phi) is 4.50. The largest absolute Gasteiger partial charge is 0.433 e. The highest BCUT2D eigenvalue weighted by Crippen LogP contribution is 2.26. The van der Waals surface area contributed by atoms with Gasteiger partial charge in [-0.15, -0.1) is 0 Å². The summed E-state index contributed by atoms with van der Waals surface area (Å²) in [6.07, 6.45) is 3.59. The monoisotopic (exact) mass is 384 g/mol. The summed E-state index contributed by atoms with van der Waals surface area (Å²) >= 11 is 0. The van der Waals surface area contributed by atoms with Crippen LogP contribution in [0, 0.1) is 0 Å². The second-order valence-corrected chi connectivity index (χ2v) is 6.28. The standard InChI is InChI=1S/C19H18F2N6O/c1-3-27-15-6-5-13(28-19(2,20)21)11-14(15)25-16(27)12-26-10-9-24-18(26)17-22-7-4-8-23-17/h4-11H,3,12H2,1-2H3. The van der Waals surface area contributed by atoms with Crippen LogP contribution < -0.4 is 4.74 Å². The van der Waals surface area contributed by atoms with E-state index < -0.39 is 6.11 Å². The Morgan fingerprint density at radius 2 is 1.89 bits per heavy atom. The first-order chi connectivity index (χ1) is 13.4.